The van der Waals surface area contributed by atoms with Crippen molar-refractivity contribution in [3.05, 3.63) is 42.7 Å². The van der Waals surface area contributed by atoms with Crippen molar-refractivity contribution < 1.29 is 9.53 Å². The lowest BCUT2D eigenvalue weighted by molar-refractivity contribution is 0.0293. The van der Waals surface area contributed by atoms with Crippen molar-refractivity contribution in [2.24, 2.45) is 0 Å². The van der Waals surface area contributed by atoms with Crippen molar-refractivity contribution in [3.63, 3.8) is 0 Å². The molecule has 4 rings (SSSR count). The van der Waals surface area contributed by atoms with Gasteiger partial charge in [0, 0.05) is 25.3 Å². The molecule has 3 aromatic heterocycles. The smallest absolute Gasteiger partial charge is 0.410 e. The molecule has 3 aromatic rings. The molecule has 1 amide bonds. The SMILES string of the molecule is CC(C)(C)OC(=O)N1CCC(Nc2cccc(-c3cnc4cccnn34)n2)C1. The van der Waals surface area contributed by atoms with Gasteiger partial charge in [-0.2, -0.15) is 5.10 Å². The van der Waals surface area contributed by atoms with Crippen molar-refractivity contribution in [1.29, 1.82) is 0 Å². The topological polar surface area (TPSA) is 84.6 Å². The number of likely N-dealkylation sites (tertiary alicyclic amines) is 1. The van der Waals surface area contributed by atoms with Gasteiger partial charge < -0.3 is 15.0 Å². The maximum Gasteiger partial charge on any atom is 0.410 e. The van der Waals surface area contributed by atoms with Gasteiger partial charge in [-0.05, 0) is 51.5 Å². The van der Waals surface area contributed by atoms with Crippen molar-refractivity contribution in [1.82, 2.24) is 24.5 Å². The van der Waals surface area contributed by atoms with Crippen LogP contribution in [-0.2, 0) is 4.74 Å². The first-order valence-corrected chi connectivity index (χ1v) is 9.40. The van der Waals surface area contributed by atoms with Gasteiger partial charge in [-0.25, -0.2) is 19.3 Å². The molecule has 1 saturated heterocycles. The van der Waals surface area contributed by atoms with Gasteiger partial charge >= 0.3 is 6.09 Å². The lowest BCUT2D eigenvalue weighted by atomic mass is 10.2. The van der Waals surface area contributed by atoms with Crippen LogP contribution in [0.5, 0.6) is 0 Å². The number of hydrogen-bond acceptors (Lipinski definition) is 6. The Morgan fingerprint density at radius 2 is 2.11 bits per heavy atom. The molecule has 8 heteroatoms. The summed E-state index contributed by atoms with van der Waals surface area (Å²) in [5.74, 6) is 0.763. The van der Waals surface area contributed by atoms with Crippen LogP contribution in [0.15, 0.2) is 42.7 Å². The molecule has 1 fully saturated rings. The molecule has 8 nitrogen and oxygen atoms in total. The molecule has 28 heavy (non-hydrogen) atoms. The third kappa shape index (κ3) is 3.90. The number of amides is 1. The van der Waals surface area contributed by atoms with E-state index in [1.165, 1.54) is 0 Å². The Morgan fingerprint density at radius 1 is 1.25 bits per heavy atom. The van der Waals surface area contributed by atoms with E-state index in [4.69, 9.17) is 9.72 Å². The highest BCUT2D eigenvalue weighted by Crippen LogP contribution is 2.22. The Labute approximate surface area is 163 Å². The van der Waals surface area contributed by atoms with E-state index in [9.17, 15) is 4.79 Å². The normalized spacial score (nSPS) is 17.1. The predicted molar refractivity (Wildman–Crippen MR) is 106 cm³/mol. The van der Waals surface area contributed by atoms with Gasteiger partial charge in [0.05, 0.1) is 11.9 Å². The van der Waals surface area contributed by atoms with Crippen LogP contribution in [0.25, 0.3) is 17.0 Å². The van der Waals surface area contributed by atoms with E-state index in [0.717, 1.165) is 29.3 Å². The molecule has 0 bridgehead atoms. The molecule has 0 aliphatic carbocycles. The van der Waals surface area contributed by atoms with Crippen molar-refractivity contribution in [2.75, 3.05) is 18.4 Å². The Morgan fingerprint density at radius 3 is 2.93 bits per heavy atom. The highest BCUT2D eigenvalue weighted by molar-refractivity contribution is 5.68. The Kier molecular flexibility index (Phi) is 4.62. The van der Waals surface area contributed by atoms with Crippen LogP contribution >= 0.6 is 0 Å². The standard InChI is InChI=1S/C20H24N6O2/c1-20(2,3)28-19(27)25-11-9-14(13-25)23-17-7-4-6-15(24-17)16-12-21-18-8-5-10-22-26(16)18/h4-8,10,12,14H,9,11,13H2,1-3H3,(H,23,24). The van der Waals surface area contributed by atoms with Crippen LogP contribution in [0.4, 0.5) is 10.6 Å². The van der Waals surface area contributed by atoms with Crippen LogP contribution in [-0.4, -0.2) is 55.3 Å². The number of aromatic nitrogens is 4. The molecule has 146 valence electrons. The summed E-state index contributed by atoms with van der Waals surface area (Å²) >= 11 is 0. The van der Waals surface area contributed by atoms with Gasteiger partial charge in [0.15, 0.2) is 5.65 Å². The number of anilines is 1. The van der Waals surface area contributed by atoms with Gasteiger partial charge in [-0.1, -0.05) is 6.07 Å². The van der Waals surface area contributed by atoms with Gasteiger partial charge in [0.25, 0.3) is 0 Å². The second kappa shape index (κ2) is 7.10. The van der Waals surface area contributed by atoms with Gasteiger partial charge in [-0.15, -0.1) is 0 Å². The average Bonchev–Trinajstić information content (AvgIpc) is 3.27. The third-order valence-electron chi connectivity index (χ3n) is 4.48. The van der Waals surface area contributed by atoms with Crippen LogP contribution in [0.1, 0.15) is 27.2 Å². The van der Waals surface area contributed by atoms with Crippen LogP contribution in [0.2, 0.25) is 0 Å². The van der Waals surface area contributed by atoms with Gasteiger partial charge in [0.1, 0.15) is 17.1 Å². The van der Waals surface area contributed by atoms with E-state index in [0.29, 0.717) is 13.1 Å². The monoisotopic (exact) mass is 380 g/mol. The Bertz CT molecular complexity index is 994. The van der Waals surface area contributed by atoms with E-state index < -0.39 is 5.60 Å². The fourth-order valence-electron chi connectivity index (χ4n) is 3.24. The summed E-state index contributed by atoms with van der Waals surface area (Å²) in [7, 11) is 0. The maximum atomic E-state index is 12.2. The first-order valence-electron chi connectivity index (χ1n) is 9.40. The van der Waals surface area contributed by atoms with Crippen LogP contribution in [0, 0.1) is 0 Å². The molecule has 1 aliphatic rings. The molecule has 1 N–H and O–H groups in total. The molecule has 1 aliphatic heterocycles. The summed E-state index contributed by atoms with van der Waals surface area (Å²) < 4.78 is 7.23. The lowest BCUT2D eigenvalue weighted by Crippen LogP contribution is -2.36. The highest BCUT2D eigenvalue weighted by atomic mass is 16.6. The van der Waals surface area contributed by atoms with Crippen molar-refractivity contribution >= 4 is 17.6 Å². The molecule has 4 heterocycles. The quantitative estimate of drug-likeness (QED) is 0.751. The number of fused-ring (bicyclic) bond motifs is 1. The number of ether oxygens (including phenoxy) is 1. The van der Waals surface area contributed by atoms with E-state index in [-0.39, 0.29) is 12.1 Å². The largest absolute Gasteiger partial charge is 0.444 e. The minimum absolute atomic E-state index is 0.135. The minimum Gasteiger partial charge on any atom is -0.444 e. The summed E-state index contributed by atoms with van der Waals surface area (Å²) in [5, 5.41) is 7.77. The fourth-order valence-corrected chi connectivity index (χ4v) is 3.24. The van der Waals surface area contributed by atoms with E-state index >= 15 is 0 Å². The molecule has 0 aromatic carbocycles. The molecule has 1 atom stereocenters. The highest BCUT2D eigenvalue weighted by Gasteiger charge is 2.29. The number of carbonyl (C=O) groups excluding carboxylic acids is 1. The fraction of sp³-hybridized carbons (Fsp3) is 0.400. The molecular formula is C20H24N6O2. The number of carbonyl (C=O) groups is 1. The first kappa shape index (κ1) is 18.2. The summed E-state index contributed by atoms with van der Waals surface area (Å²) in [6.45, 7) is 6.89. The zero-order valence-electron chi connectivity index (χ0n) is 16.3. The van der Waals surface area contributed by atoms with Crippen LogP contribution < -0.4 is 5.32 Å². The number of rotatable bonds is 3. The number of imidazole rings is 1. The lowest BCUT2D eigenvalue weighted by Gasteiger charge is -2.24. The van der Waals surface area contributed by atoms with Gasteiger partial charge in [-0.3, -0.25) is 0 Å². The summed E-state index contributed by atoms with van der Waals surface area (Å²) in [4.78, 5) is 23.1. The molecule has 0 spiro atoms. The second-order valence-electron chi connectivity index (χ2n) is 7.90. The van der Waals surface area contributed by atoms with Gasteiger partial charge in [0.2, 0.25) is 0 Å². The second-order valence-corrected chi connectivity index (χ2v) is 7.90. The third-order valence-corrected chi connectivity index (χ3v) is 4.48. The minimum atomic E-state index is -0.486. The van der Waals surface area contributed by atoms with E-state index in [1.807, 2.05) is 51.1 Å². The average molecular weight is 380 g/mol. The maximum absolute atomic E-state index is 12.2. The zero-order chi connectivity index (χ0) is 19.7. The Hall–Kier alpha value is -3.16. The Balaban J connectivity index is 1.45. The predicted octanol–water partition coefficient (Wildman–Crippen LogP) is 3.21. The van der Waals surface area contributed by atoms with Crippen molar-refractivity contribution in [2.45, 2.75) is 38.8 Å². The summed E-state index contributed by atoms with van der Waals surface area (Å²) in [6, 6.07) is 9.71. The molecule has 1 unspecified atom stereocenters. The molecule has 0 saturated carbocycles. The van der Waals surface area contributed by atoms with Crippen molar-refractivity contribution in [3.8, 4) is 11.4 Å². The number of pyridine rings is 1. The van der Waals surface area contributed by atoms with Crippen LogP contribution in [0.3, 0.4) is 0 Å². The zero-order valence-corrected chi connectivity index (χ0v) is 16.3. The number of nitrogens with one attached hydrogen (secondary N) is 1. The molecular weight excluding hydrogens is 356 g/mol. The molecule has 0 radical (unpaired) electrons. The van der Waals surface area contributed by atoms with E-state index in [2.05, 4.69) is 15.4 Å². The number of nitrogens with zero attached hydrogens (tertiary/aromatic N) is 5. The first-order chi connectivity index (χ1) is 13.4. The number of hydrogen-bond donors (Lipinski definition) is 1. The summed E-state index contributed by atoms with van der Waals surface area (Å²) in [5.41, 5.74) is 1.92. The summed E-state index contributed by atoms with van der Waals surface area (Å²) in [6.07, 6.45) is 4.08. The van der Waals surface area contributed by atoms with E-state index in [1.54, 1.807) is 21.8 Å².